The van der Waals surface area contributed by atoms with Crippen LogP contribution in [-0.4, -0.2) is 19.1 Å². The van der Waals surface area contributed by atoms with Gasteiger partial charge in [-0.3, -0.25) is 4.79 Å². The Morgan fingerprint density at radius 2 is 1.52 bits per heavy atom. The summed E-state index contributed by atoms with van der Waals surface area (Å²) in [5.74, 6) is 1.05. The van der Waals surface area contributed by atoms with E-state index in [1.165, 1.54) is 25.7 Å². The molecule has 2 aromatic carbocycles. The first-order valence-electron chi connectivity index (χ1n) is 11.8. The summed E-state index contributed by atoms with van der Waals surface area (Å²) in [6.45, 7) is 0. The minimum atomic E-state index is -0.742. The third kappa shape index (κ3) is 3.64. The molecule has 1 heterocycles. The lowest BCUT2D eigenvalue weighted by atomic mass is 9.75. The lowest BCUT2D eigenvalue weighted by molar-refractivity contribution is -0.129. The smallest absolute Gasteiger partial charge is 0.228 e. The Balaban J connectivity index is 1.61. The Morgan fingerprint density at radius 3 is 2.16 bits per heavy atom. The van der Waals surface area contributed by atoms with Crippen LogP contribution in [0.2, 0.25) is 0 Å². The maximum absolute atomic E-state index is 14.0. The summed E-state index contributed by atoms with van der Waals surface area (Å²) in [6.07, 6.45) is 9.13. The lowest BCUT2D eigenvalue weighted by Gasteiger charge is -2.42. The molecule has 164 valence electrons. The fourth-order valence-electron chi connectivity index (χ4n) is 6.00. The van der Waals surface area contributed by atoms with Gasteiger partial charge in [-0.05, 0) is 49.8 Å². The average molecular weight is 420 g/mol. The molecule has 3 N–H and O–H groups in total. The minimum Gasteiger partial charge on any atom is -0.496 e. The first kappa shape index (κ1) is 20.2. The third-order valence-electron chi connectivity index (χ3n) is 7.44. The fourth-order valence-corrected chi connectivity index (χ4v) is 6.00. The molecule has 0 saturated heterocycles. The van der Waals surface area contributed by atoms with Crippen molar-refractivity contribution in [2.24, 2.45) is 11.8 Å². The van der Waals surface area contributed by atoms with Crippen molar-refractivity contribution in [2.75, 3.05) is 17.7 Å². The minimum absolute atomic E-state index is 0.164. The molecule has 2 aromatic rings. The van der Waals surface area contributed by atoms with Gasteiger partial charge in [0, 0.05) is 11.6 Å². The van der Waals surface area contributed by atoms with Gasteiger partial charge in [0.2, 0.25) is 5.91 Å². The predicted octanol–water partition coefficient (Wildman–Crippen LogP) is 5.25. The topological polar surface area (TPSA) is 62.4 Å². The molecule has 5 heteroatoms. The Morgan fingerprint density at radius 1 is 0.935 bits per heavy atom. The van der Waals surface area contributed by atoms with E-state index in [0.717, 1.165) is 48.4 Å². The van der Waals surface area contributed by atoms with Gasteiger partial charge in [-0.1, -0.05) is 56.0 Å². The molecule has 1 amide bonds. The highest BCUT2D eigenvalue weighted by atomic mass is 16.5. The maximum Gasteiger partial charge on any atom is 0.228 e. The molecule has 31 heavy (non-hydrogen) atoms. The van der Waals surface area contributed by atoms with Crippen molar-refractivity contribution in [2.45, 2.75) is 63.1 Å². The number of carbonyl (C=O) groups is 1. The standard InChI is InChI=1S/C26H33N3O2/c1-31-23-17-9-6-14-20(23)26(28-21-15-7-8-16-22(21)29-26)24(18-10-2-3-11-18)25(30)27-19-12-4-5-13-19/h6-9,14-19,24,28-29H,2-5,10-13H2,1H3,(H,27,30). The highest BCUT2D eigenvalue weighted by Gasteiger charge is 2.53. The quantitative estimate of drug-likeness (QED) is 0.598. The molecular weight excluding hydrogens is 386 g/mol. The number of fused-ring (bicyclic) bond motifs is 1. The number of benzene rings is 2. The largest absolute Gasteiger partial charge is 0.496 e. The monoisotopic (exact) mass is 419 g/mol. The summed E-state index contributed by atoms with van der Waals surface area (Å²) >= 11 is 0. The zero-order chi connectivity index (χ0) is 21.3. The summed E-state index contributed by atoms with van der Waals surface area (Å²) in [5, 5.41) is 11.0. The van der Waals surface area contributed by atoms with Gasteiger partial charge in [0.25, 0.3) is 0 Å². The zero-order valence-corrected chi connectivity index (χ0v) is 18.3. The molecule has 5 nitrogen and oxygen atoms in total. The second-order valence-corrected chi connectivity index (χ2v) is 9.32. The van der Waals surface area contributed by atoms with E-state index >= 15 is 0 Å². The van der Waals surface area contributed by atoms with Crippen LogP contribution in [0.3, 0.4) is 0 Å². The van der Waals surface area contributed by atoms with Gasteiger partial charge in [0.15, 0.2) is 5.66 Å². The number of para-hydroxylation sites is 3. The van der Waals surface area contributed by atoms with Crippen LogP contribution >= 0.6 is 0 Å². The van der Waals surface area contributed by atoms with Gasteiger partial charge < -0.3 is 20.7 Å². The lowest BCUT2D eigenvalue weighted by Crippen LogP contribution is -2.56. The van der Waals surface area contributed by atoms with Crippen LogP contribution in [0.25, 0.3) is 0 Å². The number of carbonyl (C=O) groups excluding carboxylic acids is 1. The normalized spacial score (nSPS) is 21.2. The van der Waals surface area contributed by atoms with Crippen LogP contribution < -0.4 is 20.7 Å². The van der Waals surface area contributed by atoms with Crippen molar-refractivity contribution in [3.05, 3.63) is 54.1 Å². The van der Waals surface area contributed by atoms with Crippen molar-refractivity contribution < 1.29 is 9.53 Å². The van der Waals surface area contributed by atoms with Gasteiger partial charge in [-0.15, -0.1) is 0 Å². The molecule has 0 radical (unpaired) electrons. The first-order chi connectivity index (χ1) is 15.2. The third-order valence-corrected chi connectivity index (χ3v) is 7.44. The number of hydrogen-bond donors (Lipinski definition) is 3. The van der Waals surface area contributed by atoms with Gasteiger partial charge >= 0.3 is 0 Å². The van der Waals surface area contributed by atoms with Gasteiger partial charge in [-0.25, -0.2) is 0 Å². The molecule has 0 spiro atoms. The number of hydrogen-bond acceptors (Lipinski definition) is 4. The summed E-state index contributed by atoms with van der Waals surface area (Å²) in [5.41, 5.74) is 2.32. The number of ether oxygens (including phenoxy) is 1. The molecule has 5 rings (SSSR count). The predicted molar refractivity (Wildman–Crippen MR) is 124 cm³/mol. The Kier molecular flexibility index (Phi) is 5.51. The Hall–Kier alpha value is -2.69. The van der Waals surface area contributed by atoms with Crippen LogP contribution in [0.4, 0.5) is 11.4 Å². The average Bonchev–Trinajstić information content (AvgIpc) is 3.55. The van der Waals surface area contributed by atoms with E-state index < -0.39 is 5.66 Å². The van der Waals surface area contributed by atoms with E-state index in [0.29, 0.717) is 12.0 Å². The van der Waals surface area contributed by atoms with E-state index in [4.69, 9.17) is 4.74 Å². The molecular formula is C26H33N3O2. The molecule has 1 aliphatic heterocycles. The van der Waals surface area contributed by atoms with Crippen molar-refractivity contribution >= 4 is 17.3 Å². The van der Waals surface area contributed by atoms with E-state index in [1.807, 2.05) is 30.3 Å². The van der Waals surface area contributed by atoms with Crippen molar-refractivity contribution in [1.29, 1.82) is 0 Å². The van der Waals surface area contributed by atoms with Crippen LogP contribution in [0.5, 0.6) is 5.75 Å². The van der Waals surface area contributed by atoms with Gasteiger partial charge in [-0.2, -0.15) is 0 Å². The summed E-state index contributed by atoms with van der Waals surface area (Å²) in [4.78, 5) is 14.0. The van der Waals surface area contributed by atoms with Crippen molar-refractivity contribution in [1.82, 2.24) is 5.32 Å². The van der Waals surface area contributed by atoms with Crippen molar-refractivity contribution in [3.63, 3.8) is 0 Å². The molecule has 2 fully saturated rings. The van der Waals surface area contributed by atoms with Crippen LogP contribution in [-0.2, 0) is 10.5 Å². The summed E-state index contributed by atoms with van der Waals surface area (Å²) in [7, 11) is 1.71. The maximum atomic E-state index is 14.0. The molecule has 2 saturated carbocycles. The summed E-state index contributed by atoms with van der Waals surface area (Å²) < 4.78 is 5.80. The fraction of sp³-hybridized carbons (Fsp3) is 0.500. The second-order valence-electron chi connectivity index (χ2n) is 9.32. The molecule has 2 aliphatic carbocycles. The van der Waals surface area contributed by atoms with E-state index in [2.05, 4.69) is 34.1 Å². The van der Waals surface area contributed by atoms with Crippen LogP contribution in [0, 0.1) is 11.8 Å². The zero-order valence-electron chi connectivity index (χ0n) is 18.3. The molecule has 1 atom stereocenters. The number of methoxy groups -OCH3 is 1. The van der Waals surface area contributed by atoms with Crippen LogP contribution in [0.15, 0.2) is 48.5 Å². The van der Waals surface area contributed by atoms with E-state index in [1.54, 1.807) is 7.11 Å². The van der Waals surface area contributed by atoms with E-state index in [9.17, 15) is 4.79 Å². The highest BCUT2D eigenvalue weighted by Crippen LogP contribution is 2.51. The van der Waals surface area contributed by atoms with E-state index in [-0.39, 0.29) is 11.8 Å². The number of rotatable bonds is 6. The Bertz CT molecular complexity index is 907. The second kappa shape index (κ2) is 8.45. The number of amides is 1. The van der Waals surface area contributed by atoms with Gasteiger partial charge in [0.05, 0.1) is 24.4 Å². The Labute approximate surface area is 185 Å². The molecule has 3 aliphatic rings. The highest BCUT2D eigenvalue weighted by molar-refractivity contribution is 5.87. The first-order valence-corrected chi connectivity index (χ1v) is 11.8. The molecule has 1 unspecified atom stereocenters. The molecule has 0 bridgehead atoms. The van der Waals surface area contributed by atoms with Gasteiger partial charge in [0.1, 0.15) is 5.75 Å². The van der Waals surface area contributed by atoms with Crippen LogP contribution in [0.1, 0.15) is 56.9 Å². The SMILES string of the molecule is COc1ccccc1C1(C(C(=O)NC2CCCC2)C2CCCC2)Nc2ccccc2N1. The van der Waals surface area contributed by atoms with Crippen molar-refractivity contribution in [3.8, 4) is 5.75 Å². The number of anilines is 2. The summed E-state index contributed by atoms with van der Waals surface area (Å²) in [6, 6.07) is 16.6. The molecule has 0 aromatic heterocycles. The number of nitrogens with one attached hydrogen (secondary N) is 3.